The average Bonchev–Trinajstić information content (AvgIpc) is 2.45. The van der Waals surface area contributed by atoms with Crippen LogP contribution in [0, 0.1) is 0 Å². The number of alkyl halides is 3. The molecule has 1 N–H and O–H groups in total. The maximum absolute atomic E-state index is 12.5. The second-order valence-corrected chi connectivity index (χ2v) is 4.65. The minimum absolute atomic E-state index is 0.0534. The van der Waals surface area contributed by atoms with Crippen molar-refractivity contribution in [3.05, 3.63) is 41.9 Å². The molecule has 0 saturated carbocycles. The summed E-state index contributed by atoms with van der Waals surface area (Å²) in [6, 6.07) is 4.47. The van der Waals surface area contributed by atoms with E-state index in [4.69, 9.17) is 0 Å². The van der Waals surface area contributed by atoms with Crippen LogP contribution >= 0.6 is 11.8 Å². The van der Waals surface area contributed by atoms with Crippen molar-refractivity contribution in [2.45, 2.75) is 17.7 Å². The topological polar surface area (TPSA) is 50.7 Å². The third kappa shape index (κ3) is 3.83. The largest absolute Gasteiger partial charge is 0.433 e. The molecule has 20 heavy (non-hydrogen) atoms. The molecule has 2 rings (SSSR count). The molecular formula is C12H11F3N4S. The number of hydrogen-bond acceptors (Lipinski definition) is 5. The van der Waals surface area contributed by atoms with Crippen molar-refractivity contribution in [2.75, 3.05) is 11.6 Å². The lowest BCUT2D eigenvalue weighted by Gasteiger charge is -2.08. The van der Waals surface area contributed by atoms with E-state index in [1.807, 2.05) is 12.3 Å². The molecule has 106 valence electrons. The van der Waals surface area contributed by atoms with E-state index >= 15 is 0 Å². The smallest absolute Gasteiger partial charge is 0.350 e. The Labute approximate surface area is 117 Å². The first-order valence-corrected chi connectivity index (χ1v) is 6.84. The van der Waals surface area contributed by atoms with Crippen molar-refractivity contribution in [1.29, 1.82) is 0 Å². The monoisotopic (exact) mass is 300 g/mol. The van der Waals surface area contributed by atoms with Crippen LogP contribution in [0.15, 0.2) is 35.6 Å². The molecule has 0 saturated heterocycles. The lowest BCUT2D eigenvalue weighted by Crippen LogP contribution is -2.11. The van der Waals surface area contributed by atoms with Crippen LogP contribution in [0.2, 0.25) is 0 Å². The van der Waals surface area contributed by atoms with Crippen molar-refractivity contribution >= 4 is 17.7 Å². The fraction of sp³-hybridized carbons (Fsp3) is 0.250. The minimum Gasteiger partial charge on any atom is -0.350 e. The van der Waals surface area contributed by atoms with Gasteiger partial charge in [-0.2, -0.15) is 13.2 Å². The first-order chi connectivity index (χ1) is 9.49. The first kappa shape index (κ1) is 14.6. The number of anilines is 1. The van der Waals surface area contributed by atoms with Crippen molar-refractivity contribution in [2.24, 2.45) is 0 Å². The summed E-state index contributed by atoms with van der Waals surface area (Å²) < 4.78 is 37.5. The Kier molecular flexibility index (Phi) is 4.43. The number of nitrogens with one attached hydrogen (secondary N) is 1. The highest BCUT2D eigenvalue weighted by atomic mass is 32.2. The number of thioether (sulfide) groups is 1. The molecule has 4 nitrogen and oxygen atoms in total. The second-order valence-electron chi connectivity index (χ2n) is 3.82. The van der Waals surface area contributed by atoms with Gasteiger partial charge >= 0.3 is 6.18 Å². The van der Waals surface area contributed by atoms with Crippen LogP contribution in [-0.4, -0.2) is 21.2 Å². The normalized spacial score (nSPS) is 11.4. The molecule has 0 aromatic carbocycles. The highest BCUT2D eigenvalue weighted by molar-refractivity contribution is 7.98. The number of pyridine rings is 1. The standard InChI is InChI=1S/C12H11F3N4S/c1-20-10-6-8(2-4-16-10)7-18-11-17-5-3-9(19-11)12(13,14)15/h2-6H,7H2,1H3,(H,17,18,19). The Bertz CT molecular complexity index is 589. The van der Waals surface area contributed by atoms with Gasteiger partial charge in [0, 0.05) is 18.9 Å². The molecule has 0 amide bonds. The van der Waals surface area contributed by atoms with E-state index in [2.05, 4.69) is 20.3 Å². The van der Waals surface area contributed by atoms with Crippen LogP contribution in [0.5, 0.6) is 0 Å². The number of hydrogen-bond donors (Lipinski definition) is 1. The van der Waals surface area contributed by atoms with Gasteiger partial charge in [-0.15, -0.1) is 11.8 Å². The van der Waals surface area contributed by atoms with Crippen molar-refractivity contribution in [3.8, 4) is 0 Å². The fourth-order valence-electron chi connectivity index (χ4n) is 1.45. The number of halogens is 3. The highest BCUT2D eigenvalue weighted by Crippen LogP contribution is 2.27. The van der Waals surface area contributed by atoms with E-state index < -0.39 is 11.9 Å². The molecule has 0 unspecified atom stereocenters. The molecule has 2 heterocycles. The van der Waals surface area contributed by atoms with E-state index in [0.29, 0.717) is 6.54 Å². The third-order valence-corrected chi connectivity index (χ3v) is 3.05. The Morgan fingerprint density at radius 3 is 2.65 bits per heavy atom. The summed E-state index contributed by atoms with van der Waals surface area (Å²) in [5.41, 5.74) is -0.0695. The fourth-order valence-corrected chi connectivity index (χ4v) is 1.89. The summed E-state index contributed by atoms with van der Waals surface area (Å²) >= 11 is 1.49. The van der Waals surface area contributed by atoms with E-state index in [-0.39, 0.29) is 5.95 Å². The van der Waals surface area contributed by atoms with E-state index in [9.17, 15) is 13.2 Å². The molecule has 0 aliphatic heterocycles. The van der Waals surface area contributed by atoms with Crippen molar-refractivity contribution in [3.63, 3.8) is 0 Å². The van der Waals surface area contributed by atoms with Crippen molar-refractivity contribution in [1.82, 2.24) is 15.0 Å². The molecule has 2 aromatic heterocycles. The Hall–Kier alpha value is -1.83. The predicted molar refractivity (Wildman–Crippen MR) is 70.4 cm³/mol. The molecule has 0 radical (unpaired) electrons. The van der Waals surface area contributed by atoms with Gasteiger partial charge in [0.1, 0.15) is 5.69 Å². The quantitative estimate of drug-likeness (QED) is 0.879. The summed E-state index contributed by atoms with van der Waals surface area (Å²) in [7, 11) is 0. The zero-order valence-corrected chi connectivity index (χ0v) is 11.3. The molecule has 2 aromatic rings. The van der Waals surface area contributed by atoms with E-state index in [1.165, 1.54) is 11.8 Å². The number of aromatic nitrogens is 3. The van der Waals surface area contributed by atoms with Crippen molar-refractivity contribution < 1.29 is 13.2 Å². The SMILES string of the molecule is CSc1cc(CNc2nccc(C(F)(F)F)n2)ccn1. The van der Waals surface area contributed by atoms with Gasteiger partial charge in [-0.1, -0.05) is 0 Å². The molecule has 0 atom stereocenters. The van der Waals surface area contributed by atoms with Gasteiger partial charge in [-0.05, 0) is 30.0 Å². The highest BCUT2D eigenvalue weighted by Gasteiger charge is 2.32. The summed E-state index contributed by atoms with van der Waals surface area (Å²) in [4.78, 5) is 11.3. The van der Waals surface area contributed by atoms with Crippen LogP contribution in [-0.2, 0) is 12.7 Å². The molecule has 0 aliphatic carbocycles. The number of rotatable bonds is 4. The van der Waals surface area contributed by atoms with Crippen LogP contribution in [0.1, 0.15) is 11.3 Å². The summed E-state index contributed by atoms with van der Waals surface area (Å²) in [5, 5.41) is 3.61. The first-order valence-electron chi connectivity index (χ1n) is 5.62. The van der Waals surface area contributed by atoms with Gasteiger partial charge < -0.3 is 5.32 Å². The van der Waals surface area contributed by atoms with E-state index in [0.717, 1.165) is 22.9 Å². The Morgan fingerprint density at radius 2 is 1.95 bits per heavy atom. The van der Waals surface area contributed by atoms with Gasteiger partial charge in [-0.3, -0.25) is 0 Å². The summed E-state index contributed by atoms with van der Waals surface area (Å²) in [6.45, 7) is 0.331. The van der Waals surface area contributed by atoms with Crippen LogP contribution in [0.25, 0.3) is 0 Å². The Balaban J connectivity index is 2.07. The lowest BCUT2D eigenvalue weighted by atomic mass is 10.3. The van der Waals surface area contributed by atoms with Gasteiger partial charge in [-0.25, -0.2) is 15.0 Å². The second kappa shape index (κ2) is 6.08. The molecule has 0 fully saturated rings. The minimum atomic E-state index is -4.47. The van der Waals surface area contributed by atoms with Gasteiger partial charge in [0.25, 0.3) is 0 Å². The average molecular weight is 300 g/mol. The summed E-state index contributed by atoms with van der Waals surface area (Å²) in [6.07, 6.45) is 0.158. The maximum atomic E-state index is 12.5. The summed E-state index contributed by atoms with van der Waals surface area (Å²) in [5.74, 6) is -0.0534. The van der Waals surface area contributed by atoms with Crippen LogP contribution in [0.3, 0.4) is 0 Å². The van der Waals surface area contributed by atoms with Crippen LogP contribution < -0.4 is 5.32 Å². The molecule has 0 bridgehead atoms. The maximum Gasteiger partial charge on any atom is 0.433 e. The van der Waals surface area contributed by atoms with Gasteiger partial charge in [0.15, 0.2) is 0 Å². The van der Waals surface area contributed by atoms with Crippen LogP contribution in [0.4, 0.5) is 19.1 Å². The predicted octanol–water partition coefficient (Wildman–Crippen LogP) is 3.22. The zero-order chi connectivity index (χ0) is 14.6. The molecule has 0 spiro atoms. The molecular weight excluding hydrogens is 289 g/mol. The third-order valence-electron chi connectivity index (χ3n) is 2.41. The number of nitrogens with zero attached hydrogens (tertiary/aromatic N) is 3. The van der Waals surface area contributed by atoms with E-state index in [1.54, 1.807) is 12.3 Å². The lowest BCUT2D eigenvalue weighted by molar-refractivity contribution is -0.141. The van der Waals surface area contributed by atoms with Gasteiger partial charge in [0.05, 0.1) is 5.03 Å². The van der Waals surface area contributed by atoms with Gasteiger partial charge in [0.2, 0.25) is 5.95 Å². The zero-order valence-electron chi connectivity index (χ0n) is 10.5. The molecule has 0 aliphatic rings. The Morgan fingerprint density at radius 1 is 1.20 bits per heavy atom. The molecule has 8 heteroatoms.